The van der Waals surface area contributed by atoms with Gasteiger partial charge in [0.15, 0.2) is 0 Å². The molecule has 0 spiro atoms. The zero-order valence-electron chi connectivity index (χ0n) is 10.4. The molecule has 0 saturated heterocycles. The molecule has 1 N–H and O–H groups in total. The first kappa shape index (κ1) is 15.1. The first-order valence-corrected chi connectivity index (χ1v) is 5.85. The standard InChI is InChI=1S/C11H15F3N2OS/c1-6(2)9-7(3)15-8(16-10(9)18)4-17-5-11(12,13)14/h6H,4-5H2,1-3H3,(H,15,16,18). The predicted octanol–water partition coefficient (Wildman–Crippen LogP) is 3.65. The topological polar surface area (TPSA) is 37.9 Å². The monoisotopic (exact) mass is 280 g/mol. The Hall–Kier alpha value is -0.950. The number of nitrogens with zero attached hydrogens (tertiary/aromatic N) is 1. The molecule has 1 aromatic rings. The van der Waals surface area contributed by atoms with Crippen molar-refractivity contribution in [1.29, 1.82) is 0 Å². The fourth-order valence-corrected chi connectivity index (χ4v) is 2.17. The van der Waals surface area contributed by atoms with Gasteiger partial charge in [-0.15, -0.1) is 0 Å². The molecule has 0 unspecified atom stereocenters. The highest BCUT2D eigenvalue weighted by atomic mass is 32.1. The van der Waals surface area contributed by atoms with E-state index in [0.717, 1.165) is 11.3 Å². The van der Waals surface area contributed by atoms with Crippen LogP contribution in [0.25, 0.3) is 0 Å². The molecular weight excluding hydrogens is 265 g/mol. The van der Waals surface area contributed by atoms with Gasteiger partial charge in [0.25, 0.3) is 0 Å². The molecule has 0 atom stereocenters. The molecule has 102 valence electrons. The van der Waals surface area contributed by atoms with Crippen LogP contribution in [-0.2, 0) is 11.3 Å². The van der Waals surface area contributed by atoms with Crippen LogP contribution in [0.3, 0.4) is 0 Å². The average Bonchev–Trinajstić information content (AvgIpc) is 2.13. The summed E-state index contributed by atoms with van der Waals surface area (Å²) in [7, 11) is 0. The lowest BCUT2D eigenvalue weighted by Crippen LogP contribution is -2.17. The molecule has 0 saturated carbocycles. The van der Waals surface area contributed by atoms with Crippen molar-refractivity contribution in [2.45, 2.75) is 39.5 Å². The molecule has 0 aliphatic heterocycles. The SMILES string of the molecule is Cc1[nH]c(COCC(F)(F)F)nc(=S)c1C(C)C. The lowest BCUT2D eigenvalue weighted by atomic mass is 10.0. The van der Waals surface area contributed by atoms with Crippen molar-refractivity contribution in [2.75, 3.05) is 6.61 Å². The number of aromatic amines is 1. The smallest absolute Gasteiger partial charge is 0.364 e. The average molecular weight is 280 g/mol. The van der Waals surface area contributed by atoms with E-state index in [1.165, 1.54) is 0 Å². The molecule has 0 amide bonds. The number of alkyl halides is 3. The number of aromatic nitrogens is 2. The Balaban J connectivity index is 2.78. The van der Waals surface area contributed by atoms with Crippen molar-refractivity contribution in [3.8, 4) is 0 Å². The van der Waals surface area contributed by atoms with E-state index in [4.69, 9.17) is 12.2 Å². The molecule has 1 aromatic heterocycles. The summed E-state index contributed by atoms with van der Waals surface area (Å²) in [4.78, 5) is 6.96. The quantitative estimate of drug-likeness (QED) is 0.855. The maximum Gasteiger partial charge on any atom is 0.411 e. The summed E-state index contributed by atoms with van der Waals surface area (Å²) >= 11 is 5.12. The molecule has 0 radical (unpaired) electrons. The molecule has 1 heterocycles. The Bertz CT molecular complexity index is 468. The third-order valence-corrected chi connectivity index (χ3v) is 2.60. The van der Waals surface area contributed by atoms with Gasteiger partial charge in [-0.1, -0.05) is 26.1 Å². The number of aryl methyl sites for hydroxylation is 1. The number of rotatable bonds is 4. The molecule has 0 aromatic carbocycles. The minimum Gasteiger partial charge on any atom is -0.364 e. The Kier molecular flexibility index (Phi) is 4.86. The van der Waals surface area contributed by atoms with Gasteiger partial charge >= 0.3 is 6.18 Å². The summed E-state index contributed by atoms with van der Waals surface area (Å²) in [6.45, 7) is 4.25. The zero-order valence-corrected chi connectivity index (χ0v) is 11.2. The van der Waals surface area contributed by atoms with E-state index in [1.807, 2.05) is 20.8 Å². The molecular formula is C11H15F3N2OS. The van der Waals surface area contributed by atoms with Gasteiger partial charge in [-0.25, -0.2) is 4.98 Å². The first-order chi connectivity index (χ1) is 8.20. The number of nitrogens with one attached hydrogen (secondary N) is 1. The summed E-state index contributed by atoms with van der Waals surface area (Å²) in [5.41, 5.74) is 1.72. The summed E-state index contributed by atoms with van der Waals surface area (Å²) in [5, 5.41) is 0. The third kappa shape index (κ3) is 4.38. The lowest BCUT2D eigenvalue weighted by molar-refractivity contribution is -0.177. The zero-order chi connectivity index (χ0) is 13.9. The number of H-pyrrole nitrogens is 1. The first-order valence-electron chi connectivity index (χ1n) is 5.45. The maximum absolute atomic E-state index is 11.9. The van der Waals surface area contributed by atoms with Crippen LogP contribution in [0.4, 0.5) is 13.2 Å². The lowest BCUT2D eigenvalue weighted by Gasteiger charge is -2.12. The molecule has 0 aliphatic rings. The highest BCUT2D eigenvalue weighted by Gasteiger charge is 2.27. The van der Waals surface area contributed by atoms with Crippen LogP contribution in [0.2, 0.25) is 0 Å². The fourth-order valence-electron chi connectivity index (χ4n) is 1.67. The summed E-state index contributed by atoms with van der Waals surface area (Å²) in [6, 6.07) is 0. The highest BCUT2D eigenvalue weighted by Crippen LogP contribution is 2.19. The van der Waals surface area contributed by atoms with E-state index in [2.05, 4.69) is 14.7 Å². The van der Waals surface area contributed by atoms with Gasteiger partial charge in [0.1, 0.15) is 23.7 Å². The predicted molar refractivity (Wildman–Crippen MR) is 64.0 cm³/mol. The van der Waals surface area contributed by atoms with Crippen LogP contribution in [0.5, 0.6) is 0 Å². The number of hydrogen-bond acceptors (Lipinski definition) is 3. The van der Waals surface area contributed by atoms with Crippen LogP contribution in [0.15, 0.2) is 0 Å². The summed E-state index contributed by atoms with van der Waals surface area (Å²) in [5.74, 6) is 0.526. The second-order valence-corrected chi connectivity index (χ2v) is 4.68. The number of ether oxygens (including phenoxy) is 1. The Morgan fingerprint density at radius 3 is 2.44 bits per heavy atom. The molecule has 3 nitrogen and oxygen atoms in total. The number of hydrogen-bond donors (Lipinski definition) is 1. The third-order valence-electron chi connectivity index (χ3n) is 2.28. The van der Waals surface area contributed by atoms with Crippen LogP contribution in [0.1, 0.15) is 36.8 Å². The second kappa shape index (κ2) is 5.79. The van der Waals surface area contributed by atoms with Crippen molar-refractivity contribution in [1.82, 2.24) is 9.97 Å². The van der Waals surface area contributed by atoms with Crippen LogP contribution in [0, 0.1) is 11.6 Å². The van der Waals surface area contributed by atoms with E-state index in [9.17, 15) is 13.2 Å². The van der Waals surface area contributed by atoms with Crippen molar-refractivity contribution >= 4 is 12.2 Å². The van der Waals surface area contributed by atoms with E-state index < -0.39 is 12.8 Å². The van der Waals surface area contributed by atoms with Crippen molar-refractivity contribution in [3.05, 3.63) is 21.7 Å². The van der Waals surface area contributed by atoms with Crippen LogP contribution >= 0.6 is 12.2 Å². The maximum atomic E-state index is 11.9. The van der Waals surface area contributed by atoms with Gasteiger partial charge in [-0.2, -0.15) is 13.2 Å². The normalized spacial score (nSPS) is 12.2. The molecule has 18 heavy (non-hydrogen) atoms. The van der Waals surface area contributed by atoms with Crippen molar-refractivity contribution in [3.63, 3.8) is 0 Å². The Morgan fingerprint density at radius 1 is 1.39 bits per heavy atom. The molecule has 0 bridgehead atoms. The van der Waals surface area contributed by atoms with Gasteiger partial charge in [0.2, 0.25) is 0 Å². The van der Waals surface area contributed by atoms with Gasteiger partial charge in [-0.3, -0.25) is 0 Å². The molecule has 7 heteroatoms. The van der Waals surface area contributed by atoms with Gasteiger partial charge < -0.3 is 9.72 Å². The fraction of sp³-hybridized carbons (Fsp3) is 0.636. The van der Waals surface area contributed by atoms with E-state index >= 15 is 0 Å². The minimum atomic E-state index is -4.33. The minimum absolute atomic E-state index is 0.214. The second-order valence-electron chi connectivity index (χ2n) is 4.29. The molecule has 0 aliphatic carbocycles. The Labute approximate surface area is 108 Å². The van der Waals surface area contributed by atoms with E-state index in [1.54, 1.807) is 0 Å². The Morgan fingerprint density at radius 2 is 2.00 bits per heavy atom. The van der Waals surface area contributed by atoms with Gasteiger partial charge in [0, 0.05) is 11.3 Å². The number of halogens is 3. The van der Waals surface area contributed by atoms with Crippen LogP contribution < -0.4 is 0 Å². The van der Waals surface area contributed by atoms with Crippen molar-refractivity contribution < 1.29 is 17.9 Å². The van der Waals surface area contributed by atoms with Gasteiger partial charge in [0.05, 0.1) is 0 Å². The molecule has 1 rings (SSSR count). The van der Waals surface area contributed by atoms with Gasteiger partial charge in [-0.05, 0) is 12.8 Å². The van der Waals surface area contributed by atoms with Crippen LogP contribution in [-0.4, -0.2) is 22.8 Å². The van der Waals surface area contributed by atoms with E-state index in [-0.39, 0.29) is 12.5 Å². The van der Waals surface area contributed by atoms with E-state index in [0.29, 0.717) is 10.5 Å². The molecule has 0 fully saturated rings. The van der Waals surface area contributed by atoms with Crippen molar-refractivity contribution in [2.24, 2.45) is 0 Å². The summed E-state index contributed by atoms with van der Waals surface area (Å²) < 4.78 is 40.7. The largest absolute Gasteiger partial charge is 0.411 e. The highest BCUT2D eigenvalue weighted by molar-refractivity contribution is 7.71. The summed E-state index contributed by atoms with van der Waals surface area (Å²) in [6.07, 6.45) is -4.33.